The monoisotopic (exact) mass is 674 g/mol. The predicted molar refractivity (Wildman–Crippen MR) is 152 cm³/mol. The number of ether oxygens (including phenoxy) is 2. The molecule has 1 fully saturated rings. The Balaban J connectivity index is 1.70. The zero-order valence-corrected chi connectivity index (χ0v) is 24.2. The van der Waals surface area contributed by atoms with E-state index in [1.54, 1.807) is 35.2 Å². The van der Waals surface area contributed by atoms with Crippen LogP contribution in [0.3, 0.4) is 0 Å². The average Bonchev–Trinajstić information content (AvgIpc) is 3.45. The van der Waals surface area contributed by atoms with Crippen molar-refractivity contribution in [3.05, 3.63) is 73.3 Å². The van der Waals surface area contributed by atoms with Gasteiger partial charge in [-0.3, -0.25) is 9.59 Å². The molecule has 4 atom stereocenters. The summed E-state index contributed by atoms with van der Waals surface area (Å²) in [5.74, 6) is -0.381. The van der Waals surface area contributed by atoms with Crippen LogP contribution >= 0.6 is 45.8 Å². The molecule has 4 rings (SSSR count). The van der Waals surface area contributed by atoms with Crippen molar-refractivity contribution in [2.75, 3.05) is 26.4 Å². The molecule has 0 spiro atoms. The van der Waals surface area contributed by atoms with Crippen molar-refractivity contribution in [3.8, 4) is 5.75 Å². The maximum absolute atomic E-state index is 13.8. The van der Waals surface area contributed by atoms with Crippen LogP contribution < -0.4 is 10.1 Å². The van der Waals surface area contributed by atoms with Gasteiger partial charge in [-0.2, -0.15) is 0 Å². The van der Waals surface area contributed by atoms with E-state index < -0.39 is 24.2 Å². The topological polar surface area (TPSA) is 108 Å². The van der Waals surface area contributed by atoms with Gasteiger partial charge in [0.15, 0.2) is 0 Å². The number of halogens is 3. The van der Waals surface area contributed by atoms with Gasteiger partial charge in [0.1, 0.15) is 18.0 Å². The van der Waals surface area contributed by atoms with Gasteiger partial charge in [0, 0.05) is 31.7 Å². The third kappa shape index (κ3) is 7.00. The fourth-order valence-electron chi connectivity index (χ4n) is 4.62. The zero-order valence-electron chi connectivity index (χ0n) is 20.5. The Morgan fingerprint density at radius 2 is 1.97 bits per heavy atom. The molecule has 1 heterocycles. The lowest BCUT2D eigenvalue weighted by Crippen LogP contribution is -2.56. The van der Waals surface area contributed by atoms with E-state index >= 15 is 0 Å². The molecule has 8 nitrogen and oxygen atoms in total. The number of nitrogens with one attached hydrogen (secondary N) is 1. The maximum atomic E-state index is 13.8. The number of hydrogen-bond donors (Lipinski definition) is 3. The van der Waals surface area contributed by atoms with Gasteiger partial charge < -0.3 is 29.9 Å². The smallest absolute Gasteiger partial charge is 0.247 e. The van der Waals surface area contributed by atoms with E-state index in [-0.39, 0.29) is 37.9 Å². The van der Waals surface area contributed by atoms with Crippen LogP contribution in [0, 0.1) is 9.49 Å². The normalized spacial score (nSPS) is 23.0. The molecule has 0 radical (unpaired) electrons. The lowest BCUT2D eigenvalue weighted by molar-refractivity contribution is -0.143. The number of aliphatic hydroxyl groups is 2. The van der Waals surface area contributed by atoms with E-state index in [0.29, 0.717) is 41.0 Å². The molecular weight excluding hydrogens is 646 g/mol. The summed E-state index contributed by atoms with van der Waals surface area (Å²) in [6.45, 7) is 0.793. The minimum absolute atomic E-state index is 0.0802. The first-order valence-corrected chi connectivity index (χ1v) is 14.1. The van der Waals surface area contributed by atoms with E-state index in [9.17, 15) is 19.8 Å². The quantitative estimate of drug-likeness (QED) is 0.351. The van der Waals surface area contributed by atoms with Crippen molar-refractivity contribution >= 4 is 57.6 Å². The van der Waals surface area contributed by atoms with Crippen molar-refractivity contribution in [2.45, 2.75) is 37.6 Å². The number of nitrogens with zero attached hydrogens (tertiary/aromatic N) is 1. The maximum Gasteiger partial charge on any atom is 0.247 e. The molecule has 2 aliphatic rings. The van der Waals surface area contributed by atoms with Crippen molar-refractivity contribution in [1.29, 1.82) is 0 Å². The highest BCUT2D eigenvalue weighted by atomic mass is 127. The second kappa shape index (κ2) is 13.5. The fourth-order valence-corrected chi connectivity index (χ4v) is 5.46. The van der Waals surface area contributed by atoms with Crippen LogP contribution in [0.2, 0.25) is 10.0 Å². The Bertz CT molecular complexity index is 1190. The number of rotatable bonds is 9. The average molecular weight is 675 g/mol. The molecule has 2 aromatic rings. The highest BCUT2D eigenvalue weighted by Gasteiger charge is 2.42. The Morgan fingerprint density at radius 1 is 1.18 bits per heavy atom. The lowest BCUT2D eigenvalue weighted by Gasteiger charge is -2.41. The van der Waals surface area contributed by atoms with E-state index in [1.165, 1.54) is 0 Å². The molecule has 3 N–H and O–H groups in total. The van der Waals surface area contributed by atoms with Gasteiger partial charge in [0.25, 0.3) is 0 Å². The number of carbonyl (C=O) groups is 2. The highest BCUT2D eigenvalue weighted by molar-refractivity contribution is 14.1. The molecule has 0 saturated carbocycles. The Labute approximate surface area is 245 Å². The summed E-state index contributed by atoms with van der Waals surface area (Å²) < 4.78 is 12.5. The molecule has 1 saturated heterocycles. The third-order valence-corrected chi connectivity index (χ3v) is 8.24. The molecule has 1 aliphatic heterocycles. The van der Waals surface area contributed by atoms with E-state index in [1.807, 2.05) is 18.2 Å². The predicted octanol–water partition coefficient (Wildman–Crippen LogP) is 3.58. The molecule has 4 unspecified atom stereocenters. The van der Waals surface area contributed by atoms with Gasteiger partial charge in [0.2, 0.25) is 11.8 Å². The summed E-state index contributed by atoms with van der Waals surface area (Å²) in [4.78, 5) is 28.4. The summed E-state index contributed by atoms with van der Waals surface area (Å²) in [6.07, 6.45) is 0.238. The van der Waals surface area contributed by atoms with Crippen LogP contribution in [0.4, 0.5) is 0 Å². The summed E-state index contributed by atoms with van der Waals surface area (Å²) in [5.41, 5.74) is 1.09. The van der Waals surface area contributed by atoms with Crippen LogP contribution in [0.1, 0.15) is 18.4 Å². The Hall–Kier alpha value is -1.89. The van der Waals surface area contributed by atoms with Gasteiger partial charge in [-0.15, -0.1) is 0 Å². The van der Waals surface area contributed by atoms with Crippen molar-refractivity contribution in [2.24, 2.45) is 5.92 Å². The van der Waals surface area contributed by atoms with Gasteiger partial charge in [0.05, 0.1) is 38.8 Å². The summed E-state index contributed by atoms with van der Waals surface area (Å²) in [6, 6.07) is 11.7. The number of para-hydroxylation sites is 1. The fraction of sp³-hybridized carbons (Fsp3) is 0.407. The minimum Gasteiger partial charge on any atom is -0.482 e. The molecule has 0 bridgehead atoms. The van der Waals surface area contributed by atoms with Crippen LogP contribution in [-0.2, 0) is 20.9 Å². The number of aliphatic hydroxyl groups excluding tert-OH is 2. The van der Waals surface area contributed by atoms with Crippen molar-refractivity contribution in [1.82, 2.24) is 10.2 Å². The van der Waals surface area contributed by atoms with E-state index in [2.05, 4.69) is 27.9 Å². The first-order chi connectivity index (χ1) is 18.3. The molecule has 2 amide bonds. The molecule has 0 aromatic heterocycles. The molecule has 38 heavy (non-hydrogen) atoms. The zero-order chi connectivity index (χ0) is 27.2. The standard InChI is InChI=1S/C27H29Cl2IN2O6/c28-19-6-5-16(11-20(19)29)14-32(27(36)17-7-10-37-15-17)22-12-18(26(35)31-8-9-33)13-24(25(22)34)38-23-4-2-1-3-21(23)30/h1-6,11,13,17,22,24-25,33-34H,7-10,12,14-15H2,(H,31,35). The van der Waals surface area contributed by atoms with Crippen LogP contribution in [-0.4, -0.2) is 71.5 Å². The van der Waals surface area contributed by atoms with Gasteiger partial charge >= 0.3 is 0 Å². The minimum atomic E-state index is -1.13. The summed E-state index contributed by atoms with van der Waals surface area (Å²) in [7, 11) is 0. The number of benzene rings is 2. The second-order valence-corrected chi connectivity index (χ2v) is 11.2. The largest absolute Gasteiger partial charge is 0.482 e. The molecular formula is C27H29Cl2IN2O6. The van der Waals surface area contributed by atoms with Crippen LogP contribution in [0.15, 0.2) is 54.1 Å². The second-order valence-electron chi connectivity index (χ2n) is 9.22. The van der Waals surface area contributed by atoms with Gasteiger partial charge in [-0.25, -0.2) is 0 Å². The molecule has 11 heteroatoms. The number of hydrogen-bond acceptors (Lipinski definition) is 6. The third-order valence-electron chi connectivity index (χ3n) is 6.61. The summed E-state index contributed by atoms with van der Waals surface area (Å²) in [5, 5.41) is 24.2. The lowest BCUT2D eigenvalue weighted by atomic mass is 9.87. The first kappa shape index (κ1) is 29.1. The number of carbonyl (C=O) groups excluding carboxylic acids is 2. The SMILES string of the molecule is O=C(NCCO)C1=CC(Oc2ccccc2I)C(O)C(N(Cc2ccc(Cl)c(Cl)c2)C(=O)C2CCOC2)C1. The summed E-state index contributed by atoms with van der Waals surface area (Å²) >= 11 is 14.5. The van der Waals surface area contributed by atoms with E-state index in [4.69, 9.17) is 32.7 Å². The van der Waals surface area contributed by atoms with Crippen molar-refractivity contribution in [3.63, 3.8) is 0 Å². The highest BCUT2D eigenvalue weighted by Crippen LogP contribution is 2.32. The van der Waals surface area contributed by atoms with Crippen LogP contribution in [0.5, 0.6) is 5.75 Å². The molecule has 2 aromatic carbocycles. The van der Waals surface area contributed by atoms with Crippen LogP contribution in [0.25, 0.3) is 0 Å². The molecule has 204 valence electrons. The number of amides is 2. The molecule has 1 aliphatic carbocycles. The van der Waals surface area contributed by atoms with E-state index in [0.717, 1.165) is 9.13 Å². The van der Waals surface area contributed by atoms with Crippen molar-refractivity contribution < 1.29 is 29.3 Å². The van der Waals surface area contributed by atoms with Gasteiger partial charge in [-0.1, -0.05) is 41.4 Å². The van der Waals surface area contributed by atoms with Gasteiger partial charge in [-0.05, 0) is 64.9 Å². The Kier molecular flexibility index (Phi) is 10.3. The first-order valence-electron chi connectivity index (χ1n) is 12.3. The Morgan fingerprint density at radius 3 is 2.66 bits per heavy atom.